The average molecular weight is 348 g/mol. The molecule has 4 rings (SSSR count). The molecule has 0 aliphatic carbocycles. The van der Waals surface area contributed by atoms with E-state index in [1.54, 1.807) is 4.90 Å². The topological polar surface area (TPSA) is 77.2 Å². The zero-order valence-corrected chi connectivity index (χ0v) is 14.3. The van der Waals surface area contributed by atoms with Crippen molar-refractivity contribution < 1.29 is 9.59 Å². The summed E-state index contributed by atoms with van der Waals surface area (Å²) >= 11 is 0. The van der Waals surface area contributed by atoms with E-state index in [4.69, 9.17) is 0 Å². The van der Waals surface area contributed by atoms with E-state index in [0.29, 0.717) is 25.9 Å². The van der Waals surface area contributed by atoms with E-state index in [9.17, 15) is 9.59 Å². The third-order valence-electron chi connectivity index (χ3n) is 4.62. The lowest BCUT2D eigenvalue weighted by atomic mass is 10.1. The van der Waals surface area contributed by atoms with Gasteiger partial charge in [0, 0.05) is 48.0 Å². The van der Waals surface area contributed by atoms with Crippen LogP contribution in [-0.2, 0) is 11.2 Å². The van der Waals surface area contributed by atoms with Crippen molar-refractivity contribution in [2.45, 2.75) is 12.8 Å². The largest absolute Gasteiger partial charge is 0.361 e. The normalized spacial score (nSPS) is 13.8. The van der Waals surface area contributed by atoms with Crippen LogP contribution in [0.1, 0.15) is 12.0 Å². The fourth-order valence-electron chi connectivity index (χ4n) is 3.25. The van der Waals surface area contributed by atoms with E-state index in [1.165, 1.54) is 0 Å². The molecule has 0 unspecified atom stereocenters. The maximum absolute atomic E-state index is 12.2. The van der Waals surface area contributed by atoms with E-state index in [0.717, 1.165) is 27.8 Å². The van der Waals surface area contributed by atoms with E-state index in [2.05, 4.69) is 21.7 Å². The Kier molecular flexibility index (Phi) is 4.31. The summed E-state index contributed by atoms with van der Waals surface area (Å²) in [7, 11) is 0. The number of para-hydroxylation sites is 1. The number of anilines is 2. The summed E-state index contributed by atoms with van der Waals surface area (Å²) in [4.78, 5) is 28.8. The molecule has 3 N–H and O–H groups in total. The molecule has 1 saturated heterocycles. The van der Waals surface area contributed by atoms with Gasteiger partial charge in [0.2, 0.25) is 5.91 Å². The van der Waals surface area contributed by atoms with Crippen molar-refractivity contribution in [2.24, 2.45) is 0 Å². The quantitative estimate of drug-likeness (QED) is 0.662. The molecule has 26 heavy (non-hydrogen) atoms. The number of carbonyl (C=O) groups excluding carboxylic acids is 2. The molecule has 0 saturated carbocycles. The van der Waals surface area contributed by atoms with Crippen molar-refractivity contribution in [3.63, 3.8) is 0 Å². The predicted octanol–water partition coefficient (Wildman–Crippen LogP) is 3.27. The molecule has 0 atom stereocenters. The Morgan fingerprint density at radius 3 is 2.69 bits per heavy atom. The van der Waals surface area contributed by atoms with Crippen LogP contribution in [0.4, 0.5) is 16.2 Å². The summed E-state index contributed by atoms with van der Waals surface area (Å²) in [5.74, 6) is -0.0260. The summed E-state index contributed by atoms with van der Waals surface area (Å²) in [5, 5.41) is 6.85. The van der Waals surface area contributed by atoms with E-state index in [-0.39, 0.29) is 11.9 Å². The molecule has 1 aromatic heterocycles. The van der Waals surface area contributed by atoms with Crippen LogP contribution in [0.2, 0.25) is 0 Å². The molecular formula is C20H20N4O2. The Balaban J connectivity index is 1.35. The summed E-state index contributed by atoms with van der Waals surface area (Å²) < 4.78 is 0. The molecule has 3 amide bonds. The first-order chi connectivity index (χ1) is 12.7. The minimum Gasteiger partial charge on any atom is -0.361 e. The fraction of sp³-hybridized carbons (Fsp3) is 0.200. The van der Waals surface area contributed by atoms with Gasteiger partial charge in [0.1, 0.15) is 0 Å². The first kappa shape index (κ1) is 16.2. The molecule has 0 spiro atoms. The van der Waals surface area contributed by atoms with Gasteiger partial charge in [-0.3, -0.25) is 9.69 Å². The van der Waals surface area contributed by atoms with Gasteiger partial charge in [-0.05, 0) is 42.3 Å². The SMILES string of the molecule is O=C(CCc1c[nH]c2ccccc12)Nc1ccc(N2CCNC2=O)cc1. The number of hydrogen-bond acceptors (Lipinski definition) is 2. The molecule has 1 aliphatic rings. The Morgan fingerprint density at radius 1 is 1.12 bits per heavy atom. The van der Waals surface area contributed by atoms with Gasteiger partial charge < -0.3 is 15.6 Å². The van der Waals surface area contributed by atoms with Crippen LogP contribution in [0.3, 0.4) is 0 Å². The lowest BCUT2D eigenvalue weighted by molar-refractivity contribution is -0.116. The number of rotatable bonds is 5. The van der Waals surface area contributed by atoms with Crippen LogP contribution >= 0.6 is 0 Å². The number of aromatic amines is 1. The zero-order chi connectivity index (χ0) is 17.9. The minimum absolute atomic E-state index is 0.0260. The smallest absolute Gasteiger partial charge is 0.321 e. The zero-order valence-electron chi connectivity index (χ0n) is 14.3. The lowest BCUT2D eigenvalue weighted by Crippen LogP contribution is -2.27. The number of hydrogen-bond donors (Lipinski definition) is 3. The number of carbonyl (C=O) groups is 2. The van der Waals surface area contributed by atoms with Gasteiger partial charge in [0.25, 0.3) is 0 Å². The molecular weight excluding hydrogens is 328 g/mol. The number of nitrogens with zero attached hydrogens (tertiary/aromatic N) is 1. The Hall–Kier alpha value is -3.28. The number of fused-ring (bicyclic) bond motifs is 1. The van der Waals surface area contributed by atoms with Crippen molar-refractivity contribution in [2.75, 3.05) is 23.3 Å². The van der Waals surface area contributed by atoms with Gasteiger partial charge in [-0.15, -0.1) is 0 Å². The third kappa shape index (κ3) is 3.26. The minimum atomic E-state index is -0.0829. The van der Waals surface area contributed by atoms with E-state index >= 15 is 0 Å². The predicted molar refractivity (Wildman–Crippen MR) is 102 cm³/mol. The number of H-pyrrole nitrogens is 1. The van der Waals surface area contributed by atoms with Crippen LogP contribution in [0.15, 0.2) is 54.7 Å². The molecule has 6 heteroatoms. The van der Waals surface area contributed by atoms with Gasteiger partial charge in [0.05, 0.1) is 0 Å². The van der Waals surface area contributed by atoms with Gasteiger partial charge in [-0.25, -0.2) is 4.79 Å². The number of amides is 3. The third-order valence-corrected chi connectivity index (χ3v) is 4.62. The summed E-state index contributed by atoms with van der Waals surface area (Å²) in [6.07, 6.45) is 3.06. The highest BCUT2D eigenvalue weighted by atomic mass is 16.2. The van der Waals surface area contributed by atoms with Gasteiger partial charge in [0.15, 0.2) is 0 Å². The summed E-state index contributed by atoms with van der Waals surface area (Å²) in [6.45, 7) is 1.32. The van der Waals surface area contributed by atoms with Gasteiger partial charge >= 0.3 is 6.03 Å². The van der Waals surface area contributed by atoms with E-state index < -0.39 is 0 Å². The monoisotopic (exact) mass is 348 g/mol. The van der Waals surface area contributed by atoms with Crippen LogP contribution in [0.5, 0.6) is 0 Å². The molecule has 1 aliphatic heterocycles. The van der Waals surface area contributed by atoms with Crippen molar-refractivity contribution in [3.05, 3.63) is 60.3 Å². The van der Waals surface area contributed by atoms with Gasteiger partial charge in [-0.2, -0.15) is 0 Å². The van der Waals surface area contributed by atoms with Crippen LogP contribution in [0.25, 0.3) is 10.9 Å². The van der Waals surface area contributed by atoms with Crippen molar-refractivity contribution in [1.82, 2.24) is 10.3 Å². The van der Waals surface area contributed by atoms with Crippen molar-refractivity contribution in [3.8, 4) is 0 Å². The average Bonchev–Trinajstić information content (AvgIpc) is 3.27. The number of urea groups is 1. The first-order valence-electron chi connectivity index (χ1n) is 8.71. The van der Waals surface area contributed by atoms with E-state index in [1.807, 2.05) is 48.7 Å². The number of aromatic nitrogens is 1. The molecule has 1 fully saturated rings. The molecule has 132 valence electrons. The number of nitrogens with one attached hydrogen (secondary N) is 3. The Morgan fingerprint density at radius 2 is 1.92 bits per heavy atom. The molecule has 0 radical (unpaired) electrons. The van der Waals surface area contributed by atoms with Gasteiger partial charge in [-0.1, -0.05) is 18.2 Å². The standard InChI is InChI=1S/C20H20N4O2/c25-19(10-5-14-13-22-18-4-2-1-3-17(14)18)23-15-6-8-16(9-7-15)24-12-11-21-20(24)26/h1-4,6-9,13,22H,5,10-12H2,(H,21,26)(H,23,25). The molecule has 2 heterocycles. The van der Waals surface area contributed by atoms with Crippen LogP contribution < -0.4 is 15.5 Å². The van der Waals surface area contributed by atoms with Crippen LogP contribution in [-0.4, -0.2) is 30.0 Å². The highest BCUT2D eigenvalue weighted by Crippen LogP contribution is 2.21. The maximum Gasteiger partial charge on any atom is 0.321 e. The fourth-order valence-corrected chi connectivity index (χ4v) is 3.25. The second-order valence-corrected chi connectivity index (χ2v) is 6.34. The summed E-state index contributed by atoms with van der Waals surface area (Å²) in [5.41, 5.74) is 3.80. The Labute approximate surface area is 151 Å². The highest BCUT2D eigenvalue weighted by molar-refractivity contribution is 5.95. The number of aryl methyl sites for hydroxylation is 1. The first-order valence-corrected chi connectivity index (χ1v) is 8.71. The highest BCUT2D eigenvalue weighted by Gasteiger charge is 2.20. The van der Waals surface area contributed by atoms with Crippen molar-refractivity contribution >= 4 is 34.2 Å². The Bertz CT molecular complexity index is 946. The maximum atomic E-state index is 12.2. The van der Waals surface area contributed by atoms with Crippen LogP contribution in [0, 0.1) is 0 Å². The lowest BCUT2D eigenvalue weighted by Gasteiger charge is -2.14. The molecule has 3 aromatic rings. The summed E-state index contributed by atoms with van der Waals surface area (Å²) in [6, 6.07) is 15.3. The van der Waals surface area contributed by atoms with Crippen molar-refractivity contribution in [1.29, 1.82) is 0 Å². The molecule has 0 bridgehead atoms. The second kappa shape index (κ2) is 6.92. The second-order valence-electron chi connectivity index (χ2n) is 6.34. The number of benzene rings is 2. The molecule has 2 aromatic carbocycles. The molecule has 6 nitrogen and oxygen atoms in total.